The van der Waals surface area contributed by atoms with Crippen molar-refractivity contribution in [2.75, 3.05) is 24.5 Å². The molecule has 0 radical (unpaired) electrons. The number of benzene rings is 1. The number of hydrogen-bond acceptors (Lipinski definition) is 5. The zero-order valence-corrected chi connectivity index (χ0v) is 21.3. The van der Waals surface area contributed by atoms with Gasteiger partial charge in [0.1, 0.15) is 11.3 Å². The lowest BCUT2D eigenvalue weighted by Crippen LogP contribution is -2.51. The van der Waals surface area contributed by atoms with Crippen LogP contribution in [0.15, 0.2) is 24.4 Å². The third kappa shape index (κ3) is 4.22. The lowest BCUT2D eigenvalue weighted by Gasteiger charge is -2.43. The monoisotopic (exact) mass is 486 g/mol. The highest BCUT2D eigenvalue weighted by Crippen LogP contribution is 2.33. The van der Waals surface area contributed by atoms with E-state index in [9.17, 15) is 0 Å². The first kappa shape index (κ1) is 22.9. The molecule has 4 heterocycles. The maximum Gasteiger partial charge on any atom is 0.179 e. The molecule has 0 N–H and O–H groups in total. The van der Waals surface area contributed by atoms with Gasteiger partial charge in [0.2, 0.25) is 0 Å². The Morgan fingerprint density at radius 2 is 1.94 bits per heavy atom. The van der Waals surface area contributed by atoms with Crippen LogP contribution in [0.4, 0.5) is 5.82 Å². The molecule has 8 heteroatoms. The van der Waals surface area contributed by atoms with Crippen molar-refractivity contribution in [2.45, 2.75) is 65.1 Å². The number of fused-ring (bicyclic) bond motifs is 1. The molecular formula is C25H32Cl2N6. The highest BCUT2D eigenvalue weighted by Gasteiger charge is 2.35. The Bertz CT molecular complexity index is 1160. The van der Waals surface area contributed by atoms with Gasteiger partial charge in [-0.05, 0) is 70.2 Å². The lowest BCUT2D eigenvalue weighted by molar-refractivity contribution is 0.122. The number of piperidine rings is 1. The van der Waals surface area contributed by atoms with E-state index in [1.807, 2.05) is 29.9 Å². The fourth-order valence-electron chi connectivity index (χ4n) is 5.72. The highest BCUT2D eigenvalue weighted by molar-refractivity contribution is 6.35. The molecule has 2 aliphatic rings. The summed E-state index contributed by atoms with van der Waals surface area (Å²) in [5.41, 5.74) is 3.47. The fourth-order valence-corrected chi connectivity index (χ4v) is 6.28. The lowest BCUT2D eigenvalue weighted by atomic mass is 9.92. The van der Waals surface area contributed by atoms with Crippen molar-refractivity contribution in [1.29, 1.82) is 0 Å². The van der Waals surface area contributed by atoms with E-state index in [-0.39, 0.29) is 6.04 Å². The van der Waals surface area contributed by atoms with Crippen molar-refractivity contribution in [3.8, 4) is 0 Å². The summed E-state index contributed by atoms with van der Waals surface area (Å²) >= 11 is 12.6. The number of hydrogen-bond donors (Lipinski definition) is 0. The molecule has 2 aliphatic heterocycles. The summed E-state index contributed by atoms with van der Waals surface area (Å²) in [6.07, 6.45) is 5.73. The summed E-state index contributed by atoms with van der Waals surface area (Å²) in [7, 11) is 0. The Morgan fingerprint density at radius 1 is 1.12 bits per heavy atom. The average Bonchev–Trinajstić information content (AvgIpc) is 3.36. The maximum atomic E-state index is 6.51. The molecule has 4 atom stereocenters. The summed E-state index contributed by atoms with van der Waals surface area (Å²) < 4.78 is 1.94. The summed E-state index contributed by atoms with van der Waals surface area (Å²) in [6, 6.07) is 6.88. The fraction of sp³-hybridized carbons (Fsp3) is 0.560. The van der Waals surface area contributed by atoms with Crippen molar-refractivity contribution in [3.05, 3.63) is 45.7 Å². The van der Waals surface area contributed by atoms with E-state index in [1.54, 1.807) is 6.07 Å². The van der Waals surface area contributed by atoms with Gasteiger partial charge in [0.25, 0.3) is 0 Å². The van der Waals surface area contributed by atoms with Gasteiger partial charge in [-0.2, -0.15) is 5.10 Å². The summed E-state index contributed by atoms with van der Waals surface area (Å²) in [4.78, 5) is 15.0. The van der Waals surface area contributed by atoms with Gasteiger partial charge in [-0.15, -0.1) is 0 Å². The van der Waals surface area contributed by atoms with Gasteiger partial charge in [0.15, 0.2) is 5.65 Å². The van der Waals surface area contributed by atoms with Crippen LogP contribution in [0.5, 0.6) is 0 Å². The second kappa shape index (κ2) is 9.05. The number of nitrogens with zero attached hydrogens (tertiary/aromatic N) is 6. The van der Waals surface area contributed by atoms with Crippen LogP contribution in [0, 0.1) is 12.8 Å². The topological polar surface area (TPSA) is 50.1 Å². The van der Waals surface area contributed by atoms with E-state index < -0.39 is 0 Å². The van der Waals surface area contributed by atoms with Gasteiger partial charge in [0, 0.05) is 35.2 Å². The second-order valence-electron chi connectivity index (χ2n) is 9.78. The SMILES string of the molecule is Cc1nn(C(C)c2ccc(Cl)cc2Cl)c2nc(N3CCC(N4CCCC4C)C(C)C3)cnc12. The van der Waals surface area contributed by atoms with Gasteiger partial charge in [0.05, 0.1) is 17.9 Å². The Hall–Kier alpha value is -1.89. The maximum absolute atomic E-state index is 6.51. The molecule has 2 saturated heterocycles. The molecule has 4 unspecified atom stereocenters. The number of likely N-dealkylation sites (tertiary alicyclic amines) is 1. The summed E-state index contributed by atoms with van der Waals surface area (Å²) in [5.74, 6) is 1.52. The van der Waals surface area contributed by atoms with E-state index in [0.717, 1.165) is 41.3 Å². The van der Waals surface area contributed by atoms with Crippen molar-refractivity contribution >= 4 is 40.2 Å². The van der Waals surface area contributed by atoms with Crippen LogP contribution in [-0.4, -0.2) is 56.4 Å². The van der Waals surface area contributed by atoms with Crippen molar-refractivity contribution in [2.24, 2.45) is 5.92 Å². The number of aromatic nitrogens is 4. The zero-order chi connectivity index (χ0) is 23.3. The molecule has 0 amide bonds. The molecule has 0 spiro atoms. The first-order valence-electron chi connectivity index (χ1n) is 12.0. The first-order valence-corrected chi connectivity index (χ1v) is 12.8. The number of halogens is 2. The third-order valence-electron chi connectivity index (χ3n) is 7.55. The van der Waals surface area contributed by atoms with Crippen LogP contribution in [-0.2, 0) is 0 Å². The van der Waals surface area contributed by atoms with Crippen molar-refractivity contribution in [1.82, 2.24) is 24.6 Å². The van der Waals surface area contributed by atoms with Gasteiger partial charge in [-0.1, -0.05) is 36.2 Å². The molecule has 0 aliphatic carbocycles. The van der Waals surface area contributed by atoms with E-state index >= 15 is 0 Å². The first-order chi connectivity index (χ1) is 15.8. The predicted molar refractivity (Wildman–Crippen MR) is 136 cm³/mol. The Kier molecular flexibility index (Phi) is 6.27. The second-order valence-corrected chi connectivity index (χ2v) is 10.6. The Labute approximate surface area is 205 Å². The van der Waals surface area contributed by atoms with E-state index in [2.05, 4.69) is 30.6 Å². The quantitative estimate of drug-likeness (QED) is 0.469. The average molecular weight is 487 g/mol. The van der Waals surface area contributed by atoms with E-state index in [1.165, 1.54) is 25.8 Å². The molecule has 176 valence electrons. The van der Waals surface area contributed by atoms with Crippen LogP contribution in [0.1, 0.15) is 57.3 Å². The number of aryl methyl sites for hydroxylation is 1. The summed E-state index contributed by atoms with van der Waals surface area (Å²) in [5, 5.41) is 6.04. The summed E-state index contributed by atoms with van der Waals surface area (Å²) in [6.45, 7) is 12.1. The van der Waals surface area contributed by atoms with Gasteiger partial charge in [-0.25, -0.2) is 14.6 Å². The van der Waals surface area contributed by atoms with Crippen LogP contribution in [0.2, 0.25) is 10.0 Å². The molecule has 6 nitrogen and oxygen atoms in total. The normalized spacial score (nSPS) is 25.2. The number of rotatable bonds is 4. The third-order valence-corrected chi connectivity index (χ3v) is 8.12. The van der Waals surface area contributed by atoms with Gasteiger partial charge < -0.3 is 4.90 Å². The minimum Gasteiger partial charge on any atom is -0.355 e. The van der Waals surface area contributed by atoms with Crippen LogP contribution in [0.3, 0.4) is 0 Å². The molecule has 1 aromatic carbocycles. The molecule has 0 saturated carbocycles. The highest BCUT2D eigenvalue weighted by atomic mass is 35.5. The molecule has 3 aromatic rings. The van der Waals surface area contributed by atoms with E-state index in [4.69, 9.17) is 38.3 Å². The Morgan fingerprint density at radius 3 is 2.64 bits per heavy atom. The molecule has 5 rings (SSSR count). The minimum atomic E-state index is -0.0863. The van der Waals surface area contributed by atoms with Crippen LogP contribution in [0.25, 0.3) is 11.2 Å². The van der Waals surface area contributed by atoms with Gasteiger partial charge >= 0.3 is 0 Å². The molecule has 33 heavy (non-hydrogen) atoms. The van der Waals surface area contributed by atoms with E-state index in [0.29, 0.717) is 28.0 Å². The molecule has 2 fully saturated rings. The minimum absolute atomic E-state index is 0.0863. The molecule has 2 aromatic heterocycles. The van der Waals surface area contributed by atoms with Crippen LogP contribution >= 0.6 is 23.2 Å². The van der Waals surface area contributed by atoms with Crippen molar-refractivity contribution in [3.63, 3.8) is 0 Å². The van der Waals surface area contributed by atoms with Gasteiger partial charge in [-0.3, -0.25) is 4.90 Å². The number of anilines is 1. The molecular weight excluding hydrogens is 455 g/mol. The molecule has 0 bridgehead atoms. The smallest absolute Gasteiger partial charge is 0.179 e. The predicted octanol–water partition coefficient (Wildman–Crippen LogP) is 5.75. The largest absolute Gasteiger partial charge is 0.355 e. The standard InChI is InChI=1S/C25H32Cl2N6/c1-15-14-31(11-9-22(15)32-10-5-6-16(32)2)23-13-28-24-17(3)30-33(25(24)29-23)18(4)20-8-7-19(26)12-21(20)27/h7-8,12-13,15-16,18,22H,5-6,9-11,14H2,1-4H3. The Balaban J connectivity index is 1.43. The van der Waals surface area contributed by atoms with Crippen LogP contribution < -0.4 is 4.90 Å². The zero-order valence-electron chi connectivity index (χ0n) is 19.8. The van der Waals surface area contributed by atoms with Crippen molar-refractivity contribution < 1.29 is 0 Å².